The molecular weight excluding hydrogens is 436 g/mol. The number of hydrogen-bond acceptors (Lipinski definition) is 8. The molecule has 13 heteroatoms. The van der Waals surface area contributed by atoms with Crippen LogP contribution in [0.15, 0.2) is 36.4 Å². The number of hydrogen-bond donors (Lipinski definition) is 2. The Hall–Kier alpha value is -4.06. The van der Waals surface area contributed by atoms with E-state index in [-0.39, 0.29) is 22.0 Å². The van der Waals surface area contributed by atoms with E-state index in [0.29, 0.717) is 5.56 Å². The van der Waals surface area contributed by atoms with Gasteiger partial charge in [0.25, 0.3) is 23.2 Å². The van der Waals surface area contributed by atoms with Gasteiger partial charge < -0.3 is 15.4 Å². The van der Waals surface area contributed by atoms with Gasteiger partial charge in [-0.25, -0.2) is 0 Å². The molecule has 0 bridgehead atoms. The summed E-state index contributed by atoms with van der Waals surface area (Å²) < 4.78 is 4.70. The highest BCUT2D eigenvalue weighted by molar-refractivity contribution is 6.32. The van der Waals surface area contributed by atoms with Crippen LogP contribution in [-0.4, -0.2) is 40.8 Å². The zero-order valence-electron chi connectivity index (χ0n) is 15.9. The Kier molecular flexibility index (Phi) is 7.58. The summed E-state index contributed by atoms with van der Waals surface area (Å²) >= 11 is 5.66. The number of carbonyl (C=O) groups is 3. The van der Waals surface area contributed by atoms with Crippen molar-refractivity contribution < 1.29 is 29.0 Å². The first kappa shape index (κ1) is 23.2. The van der Waals surface area contributed by atoms with Gasteiger partial charge in [0.2, 0.25) is 0 Å². The zero-order valence-corrected chi connectivity index (χ0v) is 16.7. The molecule has 0 aliphatic heterocycles. The highest BCUT2D eigenvalue weighted by Crippen LogP contribution is 2.26. The van der Waals surface area contributed by atoms with Crippen molar-refractivity contribution in [2.75, 3.05) is 18.5 Å². The fourth-order valence-corrected chi connectivity index (χ4v) is 2.52. The molecule has 0 heterocycles. The average molecular weight is 451 g/mol. The van der Waals surface area contributed by atoms with Gasteiger partial charge in [0, 0.05) is 17.7 Å². The second kappa shape index (κ2) is 10.1. The highest BCUT2D eigenvalue weighted by Gasteiger charge is 2.19. The number of nitrogens with zero attached hydrogens (tertiary/aromatic N) is 2. The van der Waals surface area contributed by atoms with E-state index in [1.807, 2.05) is 0 Å². The fourth-order valence-electron chi connectivity index (χ4n) is 2.33. The second-order valence-corrected chi connectivity index (χ2v) is 6.50. The predicted molar refractivity (Wildman–Crippen MR) is 108 cm³/mol. The molecule has 0 aliphatic carbocycles. The highest BCUT2D eigenvalue weighted by atomic mass is 35.5. The molecule has 0 aromatic heterocycles. The molecular formula is C18H15ClN4O8. The monoisotopic (exact) mass is 450 g/mol. The molecule has 12 nitrogen and oxygen atoms in total. The number of anilines is 1. The van der Waals surface area contributed by atoms with Crippen molar-refractivity contribution in [2.24, 2.45) is 0 Å². The van der Waals surface area contributed by atoms with Crippen LogP contribution in [0.5, 0.6) is 0 Å². The van der Waals surface area contributed by atoms with Crippen molar-refractivity contribution in [3.05, 3.63) is 72.8 Å². The van der Waals surface area contributed by atoms with Crippen molar-refractivity contribution in [2.45, 2.75) is 6.92 Å². The SMILES string of the molecule is Cc1ccc(NC(=O)COC(=O)CNC(=O)c2ccc(Cl)c([N+](=O)[O-])c2)c([N+](=O)[O-])c1. The van der Waals surface area contributed by atoms with E-state index in [9.17, 15) is 34.6 Å². The van der Waals surface area contributed by atoms with Crippen molar-refractivity contribution in [3.63, 3.8) is 0 Å². The van der Waals surface area contributed by atoms with Crippen molar-refractivity contribution in [1.82, 2.24) is 5.32 Å². The summed E-state index contributed by atoms with van der Waals surface area (Å²) in [5.41, 5.74) is -0.330. The Morgan fingerprint density at radius 3 is 2.35 bits per heavy atom. The molecule has 0 aliphatic rings. The lowest BCUT2D eigenvalue weighted by Crippen LogP contribution is -2.32. The Labute approximate surface area is 179 Å². The molecule has 0 saturated carbocycles. The maximum absolute atomic E-state index is 12.0. The first-order chi connectivity index (χ1) is 14.6. The molecule has 0 spiro atoms. The van der Waals surface area contributed by atoms with Crippen LogP contribution in [0.4, 0.5) is 17.1 Å². The molecule has 0 atom stereocenters. The minimum absolute atomic E-state index is 0.0608. The predicted octanol–water partition coefficient (Wildman–Crippen LogP) is 2.38. The maximum atomic E-state index is 12.0. The van der Waals surface area contributed by atoms with Gasteiger partial charge in [-0.2, -0.15) is 0 Å². The van der Waals surface area contributed by atoms with E-state index in [2.05, 4.69) is 10.6 Å². The van der Waals surface area contributed by atoms with Gasteiger partial charge in [0.05, 0.1) is 9.85 Å². The van der Waals surface area contributed by atoms with Crippen molar-refractivity contribution in [3.8, 4) is 0 Å². The first-order valence-electron chi connectivity index (χ1n) is 8.51. The maximum Gasteiger partial charge on any atom is 0.325 e. The van der Waals surface area contributed by atoms with Crippen LogP contribution in [0, 0.1) is 27.2 Å². The summed E-state index contributed by atoms with van der Waals surface area (Å²) in [5.74, 6) is -2.58. The summed E-state index contributed by atoms with van der Waals surface area (Å²) in [4.78, 5) is 56.1. The van der Waals surface area contributed by atoms with Gasteiger partial charge in [-0.1, -0.05) is 17.7 Å². The Morgan fingerprint density at radius 1 is 1.03 bits per heavy atom. The third-order valence-corrected chi connectivity index (χ3v) is 4.11. The number of aryl methyl sites for hydroxylation is 1. The number of amides is 2. The summed E-state index contributed by atoms with van der Waals surface area (Å²) in [7, 11) is 0. The van der Waals surface area contributed by atoms with Gasteiger partial charge >= 0.3 is 5.97 Å². The van der Waals surface area contributed by atoms with E-state index >= 15 is 0 Å². The van der Waals surface area contributed by atoms with Crippen LogP contribution >= 0.6 is 11.6 Å². The van der Waals surface area contributed by atoms with Crippen LogP contribution in [0.25, 0.3) is 0 Å². The lowest BCUT2D eigenvalue weighted by molar-refractivity contribution is -0.384. The molecule has 2 rings (SSSR count). The van der Waals surface area contributed by atoms with Crippen LogP contribution < -0.4 is 10.6 Å². The standard InChI is InChI=1S/C18H15ClN4O8/c1-10-2-5-13(15(6-10)23(29)30)21-16(24)9-31-17(25)8-20-18(26)11-3-4-12(19)14(7-11)22(27)28/h2-7H,8-9H2,1H3,(H,20,26)(H,21,24). The van der Waals surface area contributed by atoms with Gasteiger partial charge in [-0.05, 0) is 30.7 Å². The smallest absolute Gasteiger partial charge is 0.325 e. The largest absolute Gasteiger partial charge is 0.454 e. The normalized spacial score (nSPS) is 10.1. The topological polar surface area (TPSA) is 171 Å². The molecule has 2 aromatic rings. The number of benzene rings is 2. The minimum atomic E-state index is -0.967. The number of nitrogens with one attached hydrogen (secondary N) is 2. The number of carbonyl (C=O) groups excluding carboxylic acids is 3. The van der Waals surface area contributed by atoms with E-state index < -0.39 is 46.5 Å². The Morgan fingerprint density at radius 2 is 1.71 bits per heavy atom. The van der Waals surface area contributed by atoms with Crippen molar-refractivity contribution >= 4 is 46.4 Å². The third-order valence-electron chi connectivity index (χ3n) is 3.79. The molecule has 2 amide bonds. The van der Waals surface area contributed by atoms with Crippen LogP contribution in [0.1, 0.15) is 15.9 Å². The quantitative estimate of drug-likeness (QED) is 0.350. The van der Waals surface area contributed by atoms with Gasteiger partial charge in [0.1, 0.15) is 17.3 Å². The number of nitro groups is 2. The van der Waals surface area contributed by atoms with Gasteiger partial charge in [-0.15, -0.1) is 0 Å². The number of rotatable bonds is 8. The molecule has 31 heavy (non-hydrogen) atoms. The lowest BCUT2D eigenvalue weighted by atomic mass is 10.2. The summed E-state index contributed by atoms with van der Waals surface area (Å²) in [6, 6.07) is 7.53. The molecule has 162 valence electrons. The summed E-state index contributed by atoms with van der Waals surface area (Å²) in [6.07, 6.45) is 0. The molecule has 2 aromatic carbocycles. The summed E-state index contributed by atoms with van der Waals surface area (Å²) in [5, 5.41) is 26.2. The van der Waals surface area contributed by atoms with Crippen LogP contribution in [-0.2, 0) is 14.3 Å². The minimum Gasteiger partial charge on any atom is -0.454 e. The van der Waals surface area contributed by atoms with E-state index in [4.69, 9.17) is 16.3 Å². The molecule has 0 saturated heterocycles. The van der Waals surface area contributed by atoms with Crippen molar-refractivity contribution in [1.29, 1.82) is 0 Å². The molecule has 0 radical (unpaired) electrons. The number of halogens is 1. The lowest BCUT2D eigenvalue weighted by Gasteiger charge is -2.08. The van der Waals surface area contributed by atoms with Crippen LogP contribution in [0.2, 0.25) is 5.02 Å². The number of nitro benzene ring substituents is 2. The fraction of sp³-hybridized carbons (Fsp3) is 0.167. The van der Waals surface area contributed by atoms with E-state index in [1.165, 1.54) is 24.3 Å². The molecule has 0 fully saturated rings. The third kappa shape index (κ3) is 6.47. The first-order valence-corrected chi connectivity index (χ1v) is 8.89. The Balaban J connectivity index is 1.86. The second-order valence-electron chi connectivity index (χ2n) is 6.09. The van der Waals surface area contributed by atoms with E-state index in [1.54, 1.807) is 13.0 Å². The van der Waals surface area contributed by atoms with Gasteiger partial charge in [0.15, 0.2) is 6.61 Å². The van der Waals surface area contributed by atoms with Gasteiger partial charge in [-0.3, -0.25) is 34.6 Å². The zero-order chi connectivity index (χ0) is 23.1. The molecule has 0 unspecified atom stereocenters. The number of ether oxygens (including phenoxy) is 1. The van der Waals surface area contributed by atoms with E-state index in [0.717, 1.165) is 6.07 Å². The average Bonchev–Trinajstić information content (AvgIpc) is 2.71. The number of esters is 1. The summed E-state index contributed by atoms with van der Waals surface area (Å²) in [6.45, 7) is 0.288. The molecule has 2 N–H and O–H groups in total. The Bertz CT molecular complexity index is 1070. The van der Waals surface area contributed by atoms with Crippen LogP contribution in [0.3, 0.4) is 0 Å².